The summed E-state index contributed by atoms with van der Waals surface area (Å²) < 4.78 is 1.70. The molecule has 154 valence electrons. The van der Waals surface area contributed by atoms with E-state index in [2.05, 4.69) is 73.6 Å². The molecule has 0 saturated carbocycles. The van der Waals surface area contributed by atoms with Gasteiger partial charge >= 0.3 is 0 Å². The van der Waals surface area contributed by atoms with Crippen molar-refractivity contribution in [3.63, 3.8) is 0 Å². The molecule has 30 heavy (non-hydrogen) atoms. The molecule has 0 spiro atoms. The van der Waals surface area contributed by atoms with E-state index in [1.807, 2.05) is 12.1 Å². The van der Waals surface area contributed by atoms with Gasteiger partial charge in [0.25, 0.3) is 0 Å². The molecule has 0 bridgehead atoms. The van der Waals surface area contributed by atoms with E-state index in [0.717, 1.165) is 20.6 Å². The van der Waals surface area contributed by atoms with Crippen LogP contribution in [0.4, 0.5) is 0 Å². The summed E-state index contributed by atoms with van der Waals surface area (Å²) in [5.41, 5.74) is 5.93. The fourth-order valence-corrected chi connectivity index (χ4v) is 5.13. The summed E-state index contributed by atoms with van der Waals surface area (Å²) in [5.74, 6) is 0.664. The van der Waals surface area contributed by atoms with Crippen molar-refractivity contribution in [1.82, 2.24) is 20.2 Å². The maximum absolute atomic E-state index is 6.33. The molecule has 0 aliphatic rings. The second kappa shape index (κ2) is 8.50. The Bertz CT molecular complexity index is 1110. The summed E-state index contributed by atoms with van der Waals surface area (Å²) in [6.07, 6.45) is 1.62. The first-order valence-electron chi connectivity index (χ1n) is 9.82. The SMILES string of the molecule is CC(C)c1cc(Cl)ccc1-c1cc(-n2cnnn2)sc1-c1ccc(Cl)cc1C(C)C. The Morgan fingerprint density at radius 1 is 0.800 bits per heavy atom. The topological polar surface area (TPSA) is 43.6 Å². The Morgan fingerprint density at radius 3 is 1.97 bits per heavy atom. The number of halogens is 2. The third kappa shape index (κ3) is 4.02. The van der Waals surface area contributed by atoms with Gasteiger partial charge in [-0.1, -0.05) is 63.0 Å². The van der Waals surface area contributed by atoms with Crippen LogP contribution >= 0.6 is 34.5 Å². The molecule has 2 aromatic heterocycles. The normalized spacial score (nSPS) is 11.6. The van der Waals surface area contributed by atoms with Crippen LogP contribution in [0.1, 0.15) is 50.7 Å². The van der Waals surface area contributed by atoms with Crippen LogP contribution in [-0.2, 0) is 0 Å². The smallest absolute Gasteiger partial charge is 0.144 e. The first-order valence-corrected chi connectivity index (χ1v) is 11.4. The van der Waals surface area contributed by atoms with Crippen LogP contribution in [0.3, 0.4) is 0 Å². The summed E-state index contributed by atoms with van der Waals surface area (Å²) in [7, 11) is 0. The van der Waals surface area contributed by atoms with Crippen molar-refractivity contribution in [1.29, 1.82) is 0 Å². The van der Waals surface area contributed by atoms with E-state index in [0.29, 0.717) is 11.8 Å². The number of nitrogens with zero attached hydrogens (tertiary/aromatic N) is 4. The molecule has 7 heteroatoms. The highest BCUT2D eigenvalue weighted by Crippen LogP contribution is 2.46. The highest BCUT2D eigenvalue weighted by atomic mass is 35.5. The van der Waals surface area contributed by atoms with Gasteiger partial charge in [-0.2, -0.15) is 4.68 Å². The zero-order chi connectivity index (χ0) is 21.4. The van der Waals surface area contributed by atoms with Crippen molar-refractivity contribution in [2.75, 3.05) is 0 Å². The van der Waals surface area contributed by atoms with Crippen LogP contribution in [0.15, 0.2) is 48.8 Å². The molecule has 0 amide bonds. The average molecular weight is 457 g/mol. The molecule has 4 aromatic rings. The van der Waals surface area contributed by atoms with E-state index in [1.165, 1.54) is 27.1 Å². The molecule has 0 N–H and O–H groups in total. The van der Waals surface area contributed by atoms with Crippen molar-refractivity contribution < 1.29 is 0 Å². The molecule has 0 aliphatic heterocycles. The zero-order valence-corrected chi connectivity index (χ0v) is 19.6. The molecule has 0 saturated heterocycles. The Kier molecular flexibility index (Phi) is 5.96. The lowest BCUT2D eigenvalue weighted by atomic mass is 9.89. The number of thiophene rings is 1. The monoisotopic (exact) mass is 456 g/mol. The minimum atomic E-state index is 0.331. The third-order valence-corrected chi connectivity index (χ3v) is 6.73. The molecule has 2 heterocycles. The predicted molar refractivity (Wildman–Crippen MR) is 126 cm³/mol. The number of benzene rings is 2. The molecule has 0 atom stereocenters. The highest BCUT2D eigenvalue weighted by Gasteiger charge is 2.21. The van der Waals surface area contributed by atoms with Crippen LogP contribution < -0.4 is 0 Å². The van der Waals surface area contributed by atoms with E-state index in [-0.39, 0.29) is 0 Å². The van der Waals surface area contributed by atoms with Gasteiger partial charge in [0.1, 0.15) is 11.3 Å². The summed E-state index contributed by atoms with van der Waals surface area (Å²) in [5, 5.41) is 14.1. The minimum absolute atomic E-state index is 0.331. The fraction of sp³-hybridized carbons (Fsp3) is 0.261. The van der Waals surface area contributed by atoms with Crippen molar-refractivity contribution >= 4 is 34.5 Å². The lowest BCUT2D eigenvalue weighted by molar-refractivity contribution is 0.798. The standard InChI is InChI=1S/C23H22Cl2N4S/c1-13(2)19-9-15(24)5-7-17(19)21-11-22(29-12-26-27-28-29)30-23(21)18-8-6-16(25)10-20(18)14(3)4/h5-14H,1-4H3. The number of hydrogen-bond donors (Lipinski definition) is 0. The van der Waals surface area contributed by atoms with E-state index < -0.39 is 0 Å². The van der Waals surface area contributed by atoms with E-state index in [1.54, 1.807) is 22.3 Å². The van der Waals surface area contributed by atoms with E-state index >= 15 is 0 Å². The molecule has 4 nitrogen and oxygen atoms in total. The van der Waals surface area contributed by atoms with Gasteiger partial charge in [-0.15, -0.1) is 16.4 Å². The molecule has 0 unspecified atom stereocenters. The highest BCUT2D eigenvalue weighted by molar-refractivity contribution is 7.18. The first-order chi connectivity index (χ1) is 14.3. The van der Waals surface area contributed by atoms with E-state index in [9.17, 15) is 0 Å². The van der Waals surface area contributed by atoms with Crippen molar-refractivity contribution in [2.45, 2.75) is 39.5 Å². The summed E-state index contributed by atoms with van der Waals surface area (Å²) in [6, 6.07) is 14.4. The molecule has 0 aliphatic carbocycles. The van der Waals surface area contributed by atoms with Crippen molar-refractivity contribution in [2.24, 2.45) is 0 Å². The third-order valence-electron chi connectivity index (χ3n) is 5.10. The van der Waals surface area contributed by atoms with Gasteiger partial charge in [0.2, 0.25) is 0 Å². The second-order valence-electron chi connectivity index (χ2n) is 7.85. The van der Waals surface area contributed by atoms with Gasteiger partial charge in [-0.25, -0.2) is 0 Å². The Balaban J connectivity index is 2.01. The quantitative estimate of drug-likeness (QED) is 0.310. The van der Waals surface area contributed by atoms with Crippen LogP contribution in [0.2, 0.25) is 10.0 Å². The Hall–Kier alpha value is -2.21. The molecule has 4 rings (SSSR count). The number of aromatic nitrogens is 4. The Morgan fingerprint density at radius 2 is 1.40 bits per heavy atom. The summed E-state index contributed by atoms with van der Waals surface area (Å²) in [4.78, 5) is 1.17. The van der Waals surface area contributed by atoms with Gasteiger partial charge in [0.15, 0.2) is 0 Å². The van der Waals surface area contributed by atoms with Crippen LogP contribution in [0.5, 0.6) is 0 Å². The minimum Gasteiger partial charge on any atom is -0.190 e. The predicted octanol–water partition coefficient (Wildman–Crippen LogP) is 7.61. The largest absolute Gasteiger partial charge is 0.190 e. The maximum atomic E-state index is 6.33. The van der Waals surface area contributed by atoms with Gasteiger partial charge < -0.3 is 0 Å². The molecule has 0 fully saturated rings. The van der Waals surface area contributed by atoms with Crippen LogP contribution in [-0.4, -0.2) is 20.2 Å². The molecule has 0 radical (unpaired) electrons. The molecular weight excluding hydrogens is 435 g/mol. The zero-order valence-electron chi connectivity index (χ0n) is 17.2. The lowest BCUT2D eigenvalue weighted by Gasteiger charge is -2.17. The molecule has 2 aromatic carbocycles. The second-order valence-corrected chi connectivity index (χ2v) is 9.76. The van der Waals surface area contributed by atoms with E-state index in [4.69, 9.17) is 23.2 Å². The van der Waals surface area contributed by atoms with Gasteiger partial charge in [-0.3, -0.25) is 0 Å². The fourth-order valence-electron chi connectivity index (χ4n) is 3.63. The Labute approximate surface area is 190 Å². The maximum Gasteiger partial charge on any atom is 0.144 e. The van der Waals surface area contributed by atoms with Crippen molar-refractivity contribution in [3.05, 3.63) is 70.0 Å². The first kappa shape index (κ1) is 21.0. The van der Waals surface area contributed by atoms with Gasteiger partial charge in [-0.05, 0) is 74.8 Å². The average Bonchev–Trinajstić information content (AvgIpc) is 3.37. The lowest BCUT2D eigenvalue weighted by Crippen LogP contribution is -1.95. The van der Waals surface area contributed by atoms with Crippen LogP contribution in [0.25, 0.3) is 26.6 Å². The van der Waals surface area contributed by atoms with Crippen molar-refractivity contribution in [3.8, 4) is 26.6 Å². The van der Waals surface area contributed by atoms with Gasteiger partial charge in [0.05, 0.1) is 0 Å². The summed E-state index contributed by atoms with van der Waals surface area (Å²) >= 11 is 14.3. The number of tetrazole rings is 1. The van der Waals surface area contributed by atoms with Crippen LogP contribution in [0, 0.1) is 0 Å². The number of rotatable bonds is 5. The molecular formula is C23H22Cl2N4S. The number of hydrogen-bond acceptors (Lipinski definition) is 4. The van der Waals surface area contributed by atoms with Gasteiger partial charge in [0, 0.05) is 20.5 Å². The summed E-state index contributed by atoms with van der Waals surface area (Å²) in [6.45, 7) is 8.75.